The van der Waals surface area contributed by atoms with Crippen molar-refractivity contribution in [1.29, 1.82) is 0 Å². The monoisotopic (exact) mass is 327 g/mol. The molecule has 1 aromatic carbocycles. The van der Waals surface area contributed by atoms with Crippen molar-refractivity contribution in [2.75, 3.05) is 26.2 Å². The van der Waals surface area contributed by atoms with Gasteiger partial charge in [0.1, 0.15) is 12.1 Å². The fourth-order valence-corrected chi connectivity index (χ4v) is 3.81. The molecule has 0 aliphatic carbocycles. The van der Waals surface area contributed by atoms with Crippen LogP contribution in [0.15, 0.2) is 29.1 Å². The Balaban J connectivity index is 1.47. The summed E-state index contributed by atoms with van der Waals surface area (Å²) in [6.07, 6.45) is 3.26. The van der Waals surface area contributed by atoms with Gasteiger partial charge in [0.05, 0.1) is 5.39 Å². The molecule has 2 saturated heterocycles. The van der Waals surface area contributed by atoms with E-state index in [2.05, 4.69) is 15.6 Å². The molecule has 1 spiro atoms. The van der Waals surface area contributed by atoms with Crippen LogP contribution in [0, 0.1) is 5.41 Å². The van der Waals surface area contributed by atoms with E-state index < -0.39 is 0 Å². The average molecular weight is 327 g/mol. The Morgan fingerprint density at radius 2 is 2.00 bits per heavy atom. The number of hydrogen-bond donors (Lipinski definition) is 1. The fourth-order valence-electron chi connectivity index (χ4n) is 3.81. The van der Waals surface area contributed by atoms with Gasteiger partial charge in [0.25, 0.3) is 5.56 Å². The summed E-state index contributed by atoms with van der Waals surface area (Å²) in [5, 5.41) is 11.9. The van der Waals surface area contributed by atoms with Crippen LogP contribution < -0.4 is 10.9 Å². The van der Waals surface area contributed by atoms with Gasteiger partial charge in [0.15, 0.2) is 0 Å². The number of carbonyl (C=O) groups is 1. The molecule has 1 N–H and O–H groups in total. The topological polar surface area (TPSA) is 80.1 Å². The number of hydrogen-bond acceptors (Lipinski definition) is 5. The summed E-state index contributed by atoms with van der Waals surface area (Å²) in [5.74, 6) is -0.0533. The minimum Gasteiger partial charge on any atom is -0.341 e. The van der Waals surface area contributed by atoms with E-state index in [1.54, 1.807) is 18.2 Å². The average Bonchev–Trinajstić information content (AvgIpc) is 3.06. The molecule has 1 aromatic heterocycles. The van der Waals surface area contributed by atoms with Crippen molar-refractivity contribution >= 4 is 16.8 Å². The van der Waals surface area contributed by atoms with E-state index in [0.717, 1.165) is 39.0 Å². The summed E-state index contributed by atoms with van der Waals surface area (Å²) in [4.78, 5) is 26.8. The summed E-state index contributed by atoms with van der Waals surface area (Å²) < 4.78 is 1.17. The molecule has 0 atom stereocenters. The van der Waals surface area contributed by atoms with Crippen LogP contribution in [0.1, 0.15) is 19.3 Å². The van der Waals surface area contributed by atoms with Crippen LogP contribution in [0.4, 0.5) is 0 Å². The van der Waals surface area contributed by atoms with Crippen LogP contribution in [0.5, 0.6) is 0 Å². The zero-order valence-corrected chi connectivity index (χ0v) is 13.6. The molecular formula is C17H21N5O2. The van der Waals surface area contributed by atoms with Gasteiger partial charge in [-0.1, -0.05) is 17.3 Å². The number of nitrogens with one attached hydrogen (secondary N) is 1. The standard InChI is InChI=1S/C17H21N5O2/c23-15(21-9-6-17(7-10-21)5-8-18-12-17)11-22-16(24)13-3-1-2-4-14(13)19-20-22/h1-4,18H,5-12H2. The first-order valence-electron chi connectivity index (χ1n) is 8.48. The van der Waals surface area contributed by atoms with Gasteiger partial charge >= 0.3 is 0 Å². The predicted molar refractivity (Wildman–Crippen MR) is 89.5 cm³/mol. The van der Waals surface area contributed by atoms with Crippen LogP contribution in [-0.4, -0.2) is 52.0 Å². The van der Waals surface area contributed by atoms with Crippen molar-refractivity contribution in [2.45, 2.75) is 25.8 Å². The van der Waals surface area contributed by atoms with Gasteiger partial charge in [-0.2, -0.15) is 0 Å². The largest absolute Gasteiger partial charge is 0.341 e. The quantitative estimate of drug-likeness (QED) is 0.863. The smallest absolute Gasteiger partial charge is 0.278 e. The number of carbonyl (C=O) groups excluding carboxylic acids is 1. The number of aromatic nitrogens is 3. The molecule has 2 aromatic rings. The summed E-state index contributed by atoms with van der Waals surface area (Å²) in [7, 11) is 0. The lowest BCUT2D eigenvalue weighted by atomic mass is 9.78. The van der Waals surface area contributed by atoms with Gasteiger partial charge in [-0.15, -0.1) is 5.10 Å². The van der Waals surface area contributed by atoms with E-state index in [4.69, 9.17) is 0 Å². The van der Waals surface area contributed by atoms with Crippen molar-refractivity contribution in [3.8, 4) is 0 Å². The van der Waals surface area contributed by atoms with E-state index in [1.165, 1.54) is 11.1 Å². The number of rotatable bonds is 2. The second-order valence-corrected chi connectivity index (χ2v) is 6.88. The number of likely N-dealkylation sites (tertiary alicyclic amines) is 1. The molecule has 0 bridgehead atoms. The Kier molecular flexibility index (Phi) is 3.80. The molecule has 0 saturated carbocycles. The molecule has 2 aliphatic heterocycles. The third-order valence-electron chi connectivity index (χ3n) is 5.42. The first kappa shape index (κ1) is 15.3. The third kappa shape index (κ3) is 2.69. The number of benzene rings is 1. The van der Waals surface area contributed by atoms with Gasteiger partial charge in [0, 0.05) is 19.6 Å². The molecule has 126 valence electrons. The molecule has 3 heterocycles. The molecule has 1 amide bonds. The lowest BCUT2D eigenvalue weighted by Crippen LogP contribution is -2.46. The second-order valence-electron chi connectivity index (χ2n) is 6.88. The number of nitrogens with zero attached hydrogens (tertiary/aromatic N) is 4. The summed E-state index contributed by atoms with van der Waals surface area (Å²) >= 11 is 0. The van der Waals surface area contributed by atoms with Crippen LogP contribution in [0.3, 0.4) is 0 Å². The van der Waals surface area contributed by atoms with Crippen LogP contribution in [0.2, 0.25) is 0 Å². The molecule has 0 radical (unpaired) electrons. The first-order valence-corrected chi connectivity index (χ1v) is 8.48. The van der Waals surface area contributed by atoms with E-state index in [1.807, 2.05) is 11.0 Å². The lowest BCUT2D eigenvalue weighted by molar-refractivity contribution is -0.134. The Labute approximate surface area is 139 Å². The molecule has 7 nitrogen and oxygen atoms in total. The third-order valence-corrected chi connectivity index (χ3v) is 5.42. The van der Waals surface area contributed by atoms with Crippen molar-refractivity contribution in [2.24, 2.45) is 5.41 Å². The minimum absolute atomic E-state index is 0.0398. The first-order chi connectivity index (χ1) is 11.7. The molecule has 7 heteroatoms. The van der Waals surface area contributed by atoms with Crippen LogP contribution in [0.25, 0.3) is 10.9 Å². The molecule has 4 rings (SSSR count). The van der Waals surface area contributed by atoms with Gasteiger partial charge in [-0.05, 0) is 43.4 Å². The number of amides is 1. The van der Waals surface area contributed by atoms with E-state index in [9.17, 15) is 9.59 Å². The molecule has 2 fully saturated rings. The Bertz CT molecular complexity index is 815. The Morgan fingerprint density at radius 1 is 1.21 bits per heavy atom. The molecule has 24 heavy (non-hydrogen) atoms. The maximum Gasteiger partial charge on any atom is 0.278 e. The second kappa shape index (κ2) is 5.98. The van der Waals surface area contributed by atoms with E-state index >= 15 is 0 Å². The van der Waals surface area contributed by atoms with Gasteiger partial charge in [-0.25, -0.2) is 4.68 Å². The van der Waals surface area contributed by atoms with Crippen molar-refractivity contribution in [1.82, 2.24) is 25.2 Å². The molecule has 2 aliphatic rings. The Morgan fingerprint density at radius 3 is 2.75 bits per heavy atom. The van der Waals surface area contributed by atoms with Gasteiger partial charge < -0.3 is 10.2 Å². The highest BCUT2D eigenvalue weighted by atomic mass is 16.2. The maximum absolute atomic E-state index is 12.5. The summed E-state index contributed by atoms with van der Waals surface area (Å²) in [5.41, 5.74) is 0.665. The zero-order chi connectivity index (χ0) is 16.6. The number of fused-ring (bicyclic) bond motifs is 1. The lowest BCUT2D eigenvalue weighted by Gasteiger charge is -2.38. The van der Waals surface area contributed by atoms with Gasteiger partial charge in [-0.3, -0.25) is 9.59 Å². The van der Waals surface area contributed by atoms with E-state index in [0.29, 0.717) is 16.3 Å². The van der Waals surface area contributed by atoms with Crippen molar-refractivity contribution in [3.63, 3.8) is 0 Å². The minimum atomic E-state index is -0.262. The van der Waals surface area contributed by atoms with Crippen LogP contribution in [-0.2, 0) is 11.3 Å². The predicted octanol–water partition coefficient (Wildman–Crippen LogP) is 0.394. The maximum atomic E-state index is 12.5. The normalized spacial score (nSPS) is 19.9. The van der Waals surface area contributed by atoms with Crippen molar-refractivity contribution in [3.05, 3.63) is 34.6 Å². The van der Waals surface area contributed by atoms with Crippen LogP contribution >= 0.6 is 0 Å². The van der Waals surface area contributed by atoms with E-state index in [-0.39, 0.29) is 18.0 Å². The highest BCUT2D eigenvalue weighted by Crippen LogP contribution is 2.36. The summed E-state index contributed by atoms with van der Waals surface area (Å²) in [6.45, 7) is 3.62. The molecule has 0 unspecified atom stereocenters. The highest BCUT2D eigenvalue weighted by Gasteiger charge is 2.38. The Hall–Kier alpha value is -2.28. The fraction of sp³-hybridized carbons (Fsp3) is 0.529. The SMILES string of the molecule is O=C(Cn1nnc2ccccc2c1=O)N1CCC2(CCNC2)CC1. The number of piperidine rings is 1. The van der Waals surface area contributed by atoms with Crippen molar-refractivity contribution < 1.29 is 4.79 Å². The summed E-state index contributed by atoms with van der Waals surface area (Å²) in [6, 6.07) is 7.06. The zero-order valence-electron chi connectivity index (χ0n) is 13.6. The molecular weight excluding hydrogens is 306 g/mol. The highest BCUT2D eigenvalue weighted by molar-refractivity contribution is 5.78. The van der Waals surface area contributed by atoms with Gasteiger partial charge in [0.2, 0.25) is 5.91 Å².